The average Bonchev–Trinajstić information content (AvgIpc) is 2.81. The van der Waals surface area contributed by atoms with Crippen molar-refractivity contribution in [3.8, 4) is 0 Å². The normalized spacial score (nSPS) is 17.2. The van der Waals surface area contributed by atoms with Gasteiger partial charge in [-0.1, -0.05) is 42.1 Å². The standard InChI is InChI=1S/C15H20Cl2N2O2/c1-19(10-15(21)7-2-3-8-15)9-13(20)18-12-6-4-5-11(16)14(12)17/h4-6,21H,2-3,7-10H2,1H3,(H,18,20). The third-order valence-corrected chi connectivity index (χ3v) is 4.56. The number of halogens is 2. The minimum atomic E-state index is -0.650. The number of aliphatic hydroxyl groups is 1. The Balaban J connectivity index is 1.88. The number of rotatable bonds is 5. The summed E-state index contributed by atoms with van der Waals surface area (Å²) in [5.41, 5.74) is -0.148. The topological polar surface area (TPSA) is 52.6 Å². The minimum Gasteiger partial charge on any atom is -0.389 e. The van der Waals surface area contributed by atoms with Crippen LogP contribution in [0.4, 0.5) is 5.69 Å². The van der Waals surface area contributed by atoms with Crippen molar-refractivity contribution >= 4 is 34.8 Å². The van der Waals surface area contributed by atoms with Crippen LogP contribution < -0.4 is 5.32 Å². The van der Waals surface area contributed by atoms with Crippen LogP contribution in [0.2, 0.25) is 10.0 Å². The van der Waals surface area contributed by atoms with E-state index in [-0.39, 0.29) is 12.5 Å². The fourth-order valence-electron chi connectivity index (χ4n) is 2.78. The molecule has 2 N–H and O–H groups in total. The smallest absolute Gasteiger partial charge is 0.238 e. The summed E-state index contributed by atoms with van der Waals surface area (Å²) in [6.45, 7) is 0.703. The van der Waals surface area contributed by atoms with Crippen molar-refractivity contribution in [2.24, 2.45) is 0 Å². The molecule has 0 saturated heterocycles. The van der Waals surface area contributed by atoms with Crippen LogP contribution in [-0.2, 0) is 4.79 Å². The van der Waals surface area contributed by atoms with Crippen LogP contribution in [-0.4, -0.2) is 41.7 Å². The highest BCUT2D eigenvalue weighted by molar-refractivity contribution is 6.43. The van der Waals surface area contributed by atoms with Crippen molar-refractivity contribution in [2.45, 2.75) is 31.3 Å². The van der Waals surface area contributed by atoms with Crippen LogP contribution in [0.1, 0.15) is 25.7 Å². The van der Waals surface area contributed by atoms with Gasteiger partial charge in [0.2, 0.25) is 5.91 Å². The molecule has 4 nitrogen and oxygen atoms in total. The lowest BCUT2D eigenvalue weighted by Gasteiger charge is -2.28. The molecule has 1 aromatic carbocycles. The first-order chi connectivity index (χ1) is 9.89. The second-order valence-electron chi connectivity index (χ2n) is 5.75. The molecule has 21 heavy (non-hydrogen) atoms. The Morgan fingerprint density at radius 1 is 1.38 bits per heavy atom. The Hall–Kier alpha value is -0.810. The second-order valence-corrected chi connectivity index (χ2v) is 6.54. The van der Waals surface area contributed by atoms with Crippen molar-refractivity contribution < 1.29 is 9.90 Å². The van der Waals surface area contributed by atoms with Crippen molar-refractivity contribution in [2.75, 3.05) is 25.5 Å². The molecule has 0 unspecified atom stereocenters. The Kier molecular flexibility index (Phi) is 5.49. The lowest BCUT2D eigenvalue weighted by Crippen LogP contribution is -2.42. The van der Waals surface area contributed by atoms with Crippen LogP contribution >= 0.6 is 23.2 Å². The van der Waals surface area contributed by atoms with Crippen molar-refractivity contribution in [3.05, 3.63) is 28.2 Å². The van der Waals surface area contributed by atoms with Gasteiger partial charge in [0.05, 0.1) is 27.9 Å². The van der Waals surface area contributed by atoms with Gasteiger partial charge in [0.25, 0.3) is 0 Å². The van der Waals surface area contributed by atoms with E-state index in [9.17, 15) is 9.90 Å². The SMILES string of the molecule is CN(CC(=O)Nc1cccc(Cl)c1Cl)CC1(O)CCCC1. The van der Waals surface area contributed by atoms with Gasteiger partial charge >= 0.3 is 0 Å². The molecule has 2 rings (SSSR count). The van der Waals surface area contributed by atoms with Gasteiger partial charge in [-0.25, -0.2) is 0 Å². The van der Waals surface area contributed by atoms with Crippen LogP contribution in [0.5, 0.6) is 0 Å². The Labute approximate surface area is 135 Å². The number of likely N-dealkylation sites (N-methyl/N-ethyl adjacent to an activating group) is 1. The fraction of sp³-hybridized carbons (Fsp3) is 0.533. The summed E-state index contributed by atoms with van der Waals surface area (Å²) in [7, 11) is 1.83. The maximum absolute atomic E-state index is 12.0. The van der Waals surface area contributed by atoms with E-state index in [4.69, 9.17) is 23.2 Å². The average molecular weight is 331 g/mol. The molecule has 6 heteroatoms. The maximum Gasteiger partial charge on any atom is 0.238 e. The molecule has 1 amide bonds. The van der Waals surface area contributed by atoms with Gasteiger partial charge in [-0.15, -0.1) is 0 Å². The predicted octanol–water partition coefficient (Wildman–Crippen LogP) is 3.17. The van der Waals surface area contributed by atoms with Gasteiger partial charge in [0.15, 0.2) is 0 Å². The Morgan fingerprint density at radius 2 is 2.05 bits per heavy atom. The number of anilines is 1. The molecule has 0 aliphatic heterocycles. The third kappa shape index (κ3) is 4.58. The second kappa shape index (κ2) is 6.97. The summed E-state index contributed by atoms with van der Waals surface area (Å²) >= 11 is 11.9. The lowest BCUT2D eigenvalue weighted by atomic mass is 10.0. The van der Waals surface area contributed by atoms with Crippen molar-refractivity contribution in [1.82, 2.24) is 4.90 Å². The summed E-state index contributed by atoms with van der Waals surface area (Å²) in [5, 5.41) is 13.8. The molecule has 1 aliphatic carbocycles. The number of carbonyl (C=O) groups is 1. The molecule has 0 heterocycles. The molecule has 1 aliphatic rings. The van der Waals surface area contributed by atoms with E-state index in [1.54, 1.807) is 18.2 Å². The highest BCUT2D eigenvalue weighted by atomic mass is 35.5. The number of benzene rings is 1. The highest BCUT2D eigenvalue weighted by Gasteiger charge is 2.32. The van der Waals surface area contributed by atoms with Gasteiger partial charge in [0.1, 0.15) is 0 Å². The van der Waals surface area contributed by atoms with E-state index >= 15 is 0 Å². The number of nitrogens with zero attached hydrogens (tertiary/aromatic N) is 1. The molecule has 1 saturated carbocycles. The monoisotopic (exact) mass is 330 g/mol. The molecule has 0 aromatic heterocycles. The number of carbonyl (C=O) groups excluding carboxylic acids is 1. The maximum atomic E-state index is 12.0. The van der Waals surface area contributed by atoms with E-state index in [0.717, 1.165) is 25.7 Å². The number of nitrogens with one attached hydrogen (secondary N) is 1. The highest BCUT2D eigenvalue weighted by Crippen LogP contribution is 2.30. The molecule has 0 spiro atoms. The van der Waals surface area contributed by atoms with Crippen LogP contribution in [0, 0.1) is 0 Å². The van der Waals surface area contributed by atoms with E-state index in [1.807, 2.05) is 11.9 Å². The van der Waals surface area contributed by atoms with Gasteiger partial charge in [-0.3, -0.25) is 9.69 Å². The van der Waals surface area contributed by atoms with Crippen molar-refractivity contribution in [3.63, 3.8) is 0 Å². The molecule has 1 fully saturated rings. The summed E-state index contributed by atoms with van der Waals surface area (Å²) in [5.74, 6) is -0.178. The first-order valence-corrected chi connectivity index (χ1v) is 7.80. The summed E-state index contributed by atoms with van der Waals surface area (Å²) in [6.07, 6.45) is 3.71. The number of hydrogen-bond acceptors (Lipinski definition) is 3. The Morgan fingerprint density at radius 3 is 2.71 bits per heavy atom. The van der Waals surface area contributed by atoms with Gasteiger partial charge in [-0.05, 0) is 32.0 Å². The zero-order chi connectivity index (χ0) is 15.5. The minimum absolute atomic E-state index is 0.178. The van der Waals surface area contributed by atoms with Crippen LogP contribution in [0.3, 0.4) is 0 Å². The van der Waals surface area contributed by atoms with Crippen molar-refractivity contribution in [1.29, 1.82) is 0 Å². The van der Waals surface area contributed by atoms with E-state index in [0.29, 0.717) is 22.3 Å². The molecule has 0 radical (unpaired) electrons. The summed E-state index contributed by atoms with van der Waals surface area (Å²) in [6, 6.07) is 5.10. The van der Waals surface area contributed by atoms with Gasteiger partial charge in [-0.2, -0.15) is 0 Å². The zero-order valence-electron chi connectivity index (χ0n) is 12.0. The predicted molar refractivity (Wildman–Crippen MR) is 86.0 cm³/mol. The van der Waals surface area contributed by atoms with E-state index in [2.05, 4.69) is 5.32 Å². The Bertz CT molecular complexity index is 516. The quantitative estimate of drug-likeness (QED) is 0.871. The van der Waals surface area contributed by atoms with Crippen LogP contribution in [0.15, 0.2) is 18.2 Å². The molecular formula is C15H20Cl2N2O2. The first-order valence-electron chi connectivity index (χ1n) is 7.04. The van der Waals surface area contributed by atoms with E-state index < -0.39 is 5.60 Å². The number of amides is 1. The van der Waals surface area contributed by atoms with Gasteiger partial charge < -0.3 is 10.4 Å². The molecule has 0 bridgehead atoms. The summed E-state index contributed by atoms with van der Waals surface area (Å²) in [4.78, 5) is 13.9. The summed E-state index contributed by atoms with van der Waals surface area (Å²) < 4.78 is 0. The number of hydrogen-bond donors (Lipinski definition) is 2. The lowest BCUT2D eigenvalue weighted by molar-refractivity contribution is -0.117. The van der Waals surface area contributed by atoms with Crippen LogP contribution in [0.25, 0.3) is 0 Å². The zero-order valence-corrected chi connectivity index (χ0v) is 13.5. The van der Waals surface area contributed by atoms with Gasteiger partial charge in [0, 0.05) is 6.54 Å². The fourth-order valence-corrected chi connectivity index (χ4v) is 3.13. The largest absolute Gasteiger partial charge is 0.389 e. The molecular weight excluding hydrogens is 311 g/mol. The molecule has 116 valence electrons. The molecule has 1 aromatic rings. The van der Waals surface area contributed by atoms with E-state index in [1.165, 1.54) is 0 Å². The molecule has 0 atom stereocenters. The third-order valence-electron chi connectivity index (χ3n) is 3.74. The first kappa shape index (κ1) is 16.6.